The summed E-state index contributed by atoms with van der Waals surface area (Å²) in [6, 6.07) is 6.89. The maximum absolute atomic E-state index is 13.5. The first-order valence-corrected chi connectivity index (χ1v) is 6.64. The predicted molar refractivity (Wildman–Crippen MR) is 82.2 cm³/mol. The Morgan fingerprint density at radius 1 is 1.09 bits per heavy atom. The summed E-state index contributed by atoms with van der Waals surface area (Å²) in [5.74, 6) is -1.20. The van der Waals surface area contributed by atoms with Gasteiger partial charge in [0.25, 0.3) is 0 Å². The minimum absolute atomic E-state index is 0.0341. The van der Waals surface area contributed by atoms with E-state index in [1.807, 2.05) is 0 Å². The van der Waals surface area contributed by atoms with Crippen molar-refractivity contribution in [2.75, 3.05) is 4.90 Å². The summed E-state index contributed by atoms with van der Waals surface area (Å²) in [4.78, 5) is 1.73. The molecular formula is C17H14FNO3. The number of phenolic OH excluding ortho intramolecular Hbond substituents is 3. The molecule has 0 aromatic heterocycles. The van der Waals surface area contributed by atoms with E-state index >= 15 is 0 Å². The lowest BCUT2D eigenvalue weighted by Crippen LogP contribution is -2.21. The zero-order valence-corrected chi connectivity index (χ0v) is 11.6. The molecule has 112 valence electrons. The van der Waals surface area contributed by atoms with Crippen LogP contribution in [0.1, 0.15) is 11.1 Å². The highest BCUT2D eigenvalue weighted by atomic mass is 19.1. The molecule has 2 aromatic carbocycles. The zero-order valence-electron chi connectivity index (χ0n) is 11.6. The molecule has 0 fully saturated rings. The van der Waals surface area contributed by atoms with E-state index in [4.69, 9.17) is 0 Å². The monoisotopic (exact) mass is 299 g/mol. The molecule has 0 aliphatic carbocycles. The molecule has 1 aliphatic rings. The van der Waals surface area contributed by atoms with Crippen molar-refractivity contribution in [1.29, 1.82) is 0 Å². The number of rotatable bonds is 2. The van der Waals surface area contributed by atoms with Gasteiger partial charge in [-0.15, -0.1) is 0 Å². The molecule has 3 rings (SSSR count). The van der Waals surface area contributed by atoms with Crippen LogP contribution in [0.4, 0.5) is 10.1 Å². The van der Waals surface area contributed by atoms with Crippen molar-refractivity contribution in [3.05, 3.63) is 66.1 Å². The van der Waals surface area contributed by atoms with Gasteiger partial charge in [0.15, 0.2) is 11.6 Å². The van der Waals surface area contributed by atoms with Crippen LogP contribution in [0.15, 0.2) is 49.2 Å². The van der Waals surface area contributed by atoms with E-state index in [1.54, 1.807) is 29.3 Å². The van der Waals surface area contributed by atoms with Crippen molar-refractivity contribution in [3.8, 4) is 17.2 Å². The molecule has 0 spiro atoms. The number of fused-ring (bicyclic) bond motifs is 1. The number of aromatic hydroxyl groups is 3. The maximum atomic E-state index is 13.5. The Labute approximate surface area is 126 Å². The average Bonchev–Trinajstić information content (AvgIpc) is 2.49. The fourth-order valence-electron chi connectivity index (χ4n) is 2.52. The second-order valence-corrected chi connectivity index (χ2v) is 5.04. The molecule has 0 saturated heterocycles. The van der Waals surface area contributed by atoms with E-state index in [0.717, 1.165) is 0 Å². The van der Waals surface area contributed by atoms with E-state index in [9.17, 15) is 19.7 Å². The largest absolute Gasteiger partial charge is 0.508 e. The summed E-state index contributed by atoms with van der Waals surface area (Å²) in [7, 11) is 0. The van der Waals surface area contributed by atoms with Gasteiger partial charge in [0.1, 0.15) is 11.5 Å². The Morgan fingerprint density at radius 2 is 1.86 bits per heavy atom. The van der Waals surface area contributed by atoms with Gasteiger partial charge < -0.3 is 20.2 Å². The molecule has 22 heavy (non-hydrogen) atoms. The Balaban J connectivity index is 2.10. The third kappa shape index (κ3) is 2.26. The fourth-order valence-corrected chi connectivity index (χ4v) is 2.52. The van der Waals surface area contributed by atoms with E-state index in [2.05, 4.69) is 6.58 Å². The Morgan fingerprint density at radius 3 is 2.55 bits per heavy atom. The number of phenols is 3. The molecule has 4 nitrogen and oxygen atoms in total. The summed E-state index contributed by atoms with van der Waals surface area (Å²) < 4.78 is 13.5. The van der Waals surface area contributed by atoms with Gasteiger partial charge >= 0.3 is 0 Å². The zero-order chi connectivity index (χ0) is 15.9. The number of anilines is 1. The van der Waals surface area contributed by atoms with Gasteiger partial charge in [0.2, 0.25) is 0 Å². The first-order valence-electron chi connectivity index (χ1n) is 6.64. The Hall–Kier alpha value is -2.95. The lowest BCUT2D eigenvalue weighted by molar-refractivity contribution is 0.432. The molecular weight excluding hydrogens is 285 g/mol. The molecule has 0 atom stereocenters. The molecule has 5 heteroatoms. The van der Waals surface area contributed by atoms with E-state index < -0.39 is 11.6 Å². The predicted octanol–water partition coefficient (Wildman–Crippen LogP) is 3.49. The van der Waals surface area contributed by atoms with Crippen LogP contribution in [0.5, 0.6) is 17.2 Å². The van der Waals surface area contributed by atoms with Gasteiger partial charge in [-0.05, 0) is 29.3 Å². The number of nitrogens with zero attached hydrogens (tertiary/aromatic N) is 1. The van der Waals surface area contributed by atoms with E-state index in [1.165, 1.54) is 18.2 Å². The minimum Gasteiger partial charge on any atom is -0.508 e. The lowest BCUT2D eigenvalue weighted by atomic mass is 9.95. The molecule has 0 saturated carbocycles. The van der Waals surface area contributed by atoms with E-state index in [-0.39, 0.29) is 11.5 Å². The SMILES string of the molecule is C=CC1=CN(c2ccc(O)c(F)c2)Cc2c(O)cc(O)cc21. The van der Waals surface area contributed by atoms with Crippen molar-refractivity contribution < 1.29 is 19.7 Å². The summed E-state index contributed by atoms with van der Waals surface area (Å²) in [5, 5.41) is 29.0. The van der Waals surface area contributed by atoms with Gasteiger partial charge in [-0.3, -0.25) is 0 Å². The highest BCUT2D eigenvalue weighted by molar-refractivity contribution is 5.82. The van der Waals surface area contributed by atoms with Crippen molar-refractivity contribution in [2.45, 2.75) is 6.54 Å². The molecule has 0 radical (unpaired) electrons. The summed E-state index contributed by atoms with van der Waals surface area (Å²) in [6.07, 6.45) is 3.35. The third-order valence-electron chi connectivity index (χ3n) is 3.63. The number of hydrogen-bond donors (Lipinski definition) is 3. The third-order valence-corrected chi connectivity index (χ3v) is 3.63. The quantitative estimate of drug-likeness (QED) is 0.794. The average molecular weight is 299 g/mol. The van der Waals surface area contributed by atoms with Crippen LogP contribution in [0, 0.1) is 5.82 Å². The molecule has 0 unspecified atom stereocenters. The molecule has 1 heterocycles. The molecule has 1 aliphatic heterocycles. The van der Waals surface area contributed by atoms with Crippen LogP contribution < -0.4 is 4.90 Å². The second kappa shape index (κ2) is 5.11. The van der Waals surface area contributed by atoms with Crippen LogP contribution in [0.3, 0.4) is 0 Å². The maximum Gasteiger partial charge on any atom is 0.166 e. The molecule has 0 bridgehead atoms. The summed E-state index contributed by atoms with van der Waals surface area (Å²) in [5.41, 5.74) is 2.53. The van der Waals surface area contributed by atoms with Crippen LogP contribution in [0.25, 0.3) is 5.57 Å². The van der Waals surface area contributed by atoms with Gasteiger partial charge in [-0.25, -0.2) is 4.39 Å². The van der Waals surface area contributed by atoms with Crippen LogP contribution in [0.2, 0.25) is 0 Å². The van der Waals surface area contributed by atoms with Crippen LogP contribution in [-0.4, -0.2) is 15.3 Å². The first-order chi connectivity index (χ1) is 10.5. The second-order valence-electron chi connectivity index (χ2n) is 5.04. The first kappa shape index (κ1) is 14.0. The van der Waals surface area contributed by atoms with Crippen molar-refractivity contribution in [2.24, 2.45) is 0 Å². The number of hydrogen-bond acceptors (Lipinski definition) is 4. The lowest BCUT2D eigenvalue weighted by Gasteiger charge is -2.29. The topological polar surface area (TPSA) is 63.9 Å². The van der Waals surface area contributed by atoms with Gasteiger partial charge in [-0.1, -0.05) is 12.7 Å². The Bertz CT molecular complexity index is 799. The minimum atomic E-state index is -0.716. The molecule has 3 N–H and O–H groups in total. The van der Waals surface area contributed by atoms with Crippen LogP contribution >= 0.6 is 0 Å². The van der Waals surface area contributed by atoms with Crippen molar-refractivity contribution in [1.82, 2.24) is 0 Å². The standard InChI is InChI=1S/C17H14FNO3/c1-2-10-8-19(11-3-4-16(21)15(18)5-11)9-14-13(10)6-12(20)7-17(14)22/h2-8,20-22H,1,9H2. The molecule has 0 amide bonds. The summed E-state index contributed by atoms with van der Waals surface area (Å²) >= 11 is 0. The molecule has 2 aromatic rings. The normalized spacial score (nSPS) is 13.5. The van der Waals surface area contributed by atoms with Crippen LogP contribution in [-0.2, 0) is 6.54 Å². The number of halogens is 1. The highest BCUT2D eigenvalue weighted by Crippen LogP contribution is 2.38. The van der Waals surface area contributed by atoms with Crippen molar-refractivity contribution in [3.63, 3.8) is 0 Å². The number of benzene rings is 2. The Kier molecular flexibility index (Phi) is 3.25. The van der Waals surface area contributed by atoms with E-state index in [0.29, 0.717) is 28.9 Å². The number of allylic oxidation sites excluding steroid dienone is 2. The smallest absolute Gasteiger partial charge is 0.166 e. The highest BCUT2D eigenvalue weighted by Gasteiger charge is 2.21. The van der Waals surface area contributed by atoms with Crippen molar-refractivity contribution >= 4 is 11.3 Å². The summed E-state index contributed by atoms with van der Waals surface area (Å²) in [6.45, 7) is 4.04. The van der Waals surface area contributed by atoms with Gasteiger partial charge in [0.05, 0.1) is 6.54 Å². The van der Waals surface area contributed by atoms with Gasteiger partial charge in [0, 0.05) is 29.6 Å². The van der Waals surface area contributed by atoms with Gasteiger partial charge in [-0.2, -0.15) is 0 Å². The fraction of sp³-hybridized carbons (Fsp3) is 0.0588.